The van der Waals surface area contributed by atoms with Crippen LogP contribution in [0.3, 0.4) is 0 Å². The number of aromatic amines is 1. The van der Waals surface area contributed by atoms with Gasteiger partial charge < -0.3 is 4.98 Å². The second-order valence-electron chi connectivity index (χ2n) is 5.64. The van der Waals surface area contributed by atoms with Crippen molar-refractivity contribution in [1.29, 1.82) is 0 Å². The number of rotatable bonds is 5. The first-order valence-corrected chi connectivity index (χ1v) is 8.79. The average molecular weight is 343 g/mol. The maximum atomic E-state index is 12.1. The van der Waals surface area contributed by atoms with Gasteiger partial charge in [0, 0.05) is 32.3 Å². The van der Waals surface area contributed by atoms with Crippen LogP contribution in [0.25, 0.3) is 11.0 Å². The minimum absolute atomic E-state index is 0.240. The van der Waals surface area contributed by atoms with Crippen LogP contribution < -0.4 is 0 Å². The van der Waals surface area contributed by atoms with Gasteiger partial charge in [-0.1, -0.05) is 12.1 Å². The molecule has 2 heterocycles. The first-order valence-electron chi connectivity index (χ1n) is 7.35. The number of pyridine rings is 1. The van der Waals surface area contributed by atoms with Crippen molar-refractivity contribution in [3.8, 4) is 0 Å². The van der Waals surface area contributed by atoms with Crippen LogP contribution in [-0.4, -0.2) is 43.1 Å². The Bertz CT molecular complexity index is 990. The van der Waals surface area contributed by atoms with Gasteiger partial charge in [0.25, 0.3) is 0 Å². The SMILES string of the molecule is CN(C)S(=O)(=O)c1ccc(Cc2c(C=O)[nH]c3cccnc23)cc1. The van der Waals surface area contributed by atoms with Crippen molar-refractivity contribution >= 4 is 27.3 Å². The third-order valence-corrected chi connectivity index (χ3v) is 5.72. The normalized spacial score (nSPS) is 12.0. The number of H-pyrrole nitrogens is 1. The van der Waals surface area contributed by atoms with Gasteiger partial charge in [0.2, 0.25) is 10.0 Å². The Balaban J connectivity index is 1.97. The molecule has 3 rings (SSSR count). The zero-order chi connectivity index (χ0) is 17.3. The van der Waals surface area contributed by atoms with Crippen LogP contribution in [0.5, 0.6) is 0 Å². The Morgan fingerprint density at radius 2 is 1.88 bits per heavy atom. The summed E-state index contributed by atoms with van der Waals surface area (Å²) in [4.78, 5) is 18.9. The molecule has 0 unspecified atom stereocenters. The number of nitrogens with zero attached hydrogens (tertiary/aromatic N) is 2. The van der Waals surface area contributed by atoms with Gasteiger partial charge >= 0.3 is 0 Å². The molecule has 0 saturated carbocycles. The van der Waals surface area contributed by atoms with Crippen LogP contribution in [0.1, 0.15) is 21.6 Å². The number of hydrogen-bond acceptors (Lipinski definition) is 4. The fraction of sp³-hybridized carbons (Fsp3) is 0.176. The Labute approximate surface area is 140 Å². The predicted molar refractivity (Wildman–Crippen MR) is 91.6 cm³/mol. The highest BCUT2D eigenvalue weighted by atomic mass is 32.2. The minimum atomic E-state index is -3.44. The highest BCUT2D eigenvalue weighted by molar-refractivity contribution is 7.89. The molecule has 0 atom stereocenters. The number of carbonyl (C=O) groups excluding carboxylic acids is 1. The summed E-state index contributed by atoms with van der Waals surface area (Å²) >= 11 is 0. The molecule has 0 radical (unpaired) electrons. The minimum Gasteiger partial charge on any atom is -0.351 e. The summed E-state index contributed by atoms with van der Waals surface area (Å²) in [7, 11) is -0.450. The summed E-state index contributed by atoms with van der Waals surface area (Å²) in [6.07, 6.45) is 2.95. The van der Waals surface area contributed by atoms with Crippen molar-refractivity contribution in [2.24, 2.45) is 0 Å². The van der Waals surface area contributed by atoms with Gasteiger partial charge in [-0.15, -0.1) is 0 Å². The Morgan fingerprint density at radius 3 is 2.50 bits per heavy atom. The van der Waals surface area contributed by atoms with E-state index in [1.165, 1.54) is 18.4 Å². The maximum absolute atomic E-state index is 12.1. The molecular formula is C17H17N3O3S. The van der Waals surface area contributed by atoms with E-state index in [2.05, 4.69) is 9.97 Å². The van der Waals surface area contributed by atoms with Crippen molar-refractivity contribution in [2.75, 3.05) is 14.1 Å². The van der Waals surface area contributed by atoms with E-state index in [1.54, 1.807) is 36.5 Å². The van der Waals surface area contributed by atoms with Crippen LogP contribution >= 0.6 is 0 Å². The van der Waals surface area contributed by atoms with E-state index in [9.17, 15) is 13.2 Å². The van der Waals surface area contributed by atoms with Gasteiger partial charge in [-0.25, -0.2) is 12.7 Å². The van der Waals surface area contributed by atoms with E-state index in [0.717, 1.165) is 28.4 Å². The molecule has 1 aromatic carbocycles. The van der Waals surface area contributed by atoms with Crippen molar-refractivity contribution < 1.29 is 13.2 Å². The standard InChI is InChI=1S/C17H17N3O3S/c1-20(2)24(22,23)13-7-5-12(6-8-13)10-14-16(11-21)19-15-4-3-9-18-17(14)15/h3-9,11,19H,10H2,1-2H3. The van der Waals surface area contributed by atoms with Gasteiger partial charge in [-0.2, -0.15) is 0 Å². The molecular weight excluding hydrogens is 326 g/mol. The molecule has 0 fully saturated rings. The Hall–Kier alpha value is -2.51. The molecule has 1 N–H and O–H groups in total. The molecule has 0 bridgehead atoms. The summed E-state index contributed by atoms with van der Waals surface area (Å²) in [5, 5.41) is 0. The van der Waals surface area contributed by atoms with Gasteiger partial charge in [0.05, 0.1) is 21.6 Å². The summed E-state index contributed by atoms with van der Waals surface area (Å²) in [6, 6.07) is 10.3. The highest BCUT2D eigenvalue weighted by Crippen LogP contribution is 2.23. The maximum Gasteiger partial charge on any atom is 0.242 e. The summed E-state index contributed by atoms with van der Waals surface area (Å²) in [5.41, 5.74) is 3.77. The predicted octanol–water partition coefficient (Wildman–Crippen LogP) is 2.22. The molecule has 0 aliphatic rings. The van der Waals surface area contributed by atoms with E-state index in [4.69, 9.17) is 0 Å². The molecule has 0 aliphatic carbocycles. The molecule has 0 aliphatic heterocycles. The lowest BCUT2D eigenvalue weighted by molar-refractivity contribution is 0.111. The molecule has 24 heavy (non-hydrogen) atoms. The van der Waals surface area contributed by atoms with Gasteiger partial charge in [-0.05, 0) is 29.8 Å². The average Bonchev–Trinajstić information content (AvgIpc) is 2.93. The number of hydrogen-bond donors (Lipinski definition) is 1. The third-order valence-electron chi connectivity index (χ3n) is 3.89. The van der Waals surface area contributed by atoms with E-state index in [1.807, 2.05) is 6.07 Å². The topological polar surface area (TPSA) is 83.1 Å². The lowest BCUT2D eigenvalue weighted by Crippen LogP contribution is -2.22. The van der Waals surface area contributed by atoms with Crippen molar-refractivity contribution in [2.45, 2.75) is 11.3 Å². The van der Waals surface area contributed by atoms with Crippen LogP contribution in [0.2, 0.25) is 0 Å². The third kappa shape index (κ3) is 2.83. The number of aromatic nitrogens is 2. The number of carbonyl (C=O) groups is 1. The summed E-state index contributed by atoms with van der Waals surface area (Å²) in [5.74, 6) is 0. The van der Waals surface area contributed by atoms with E-state index >= 15 is 0 Å². The van der Waals surface area contributed by atoms with Crippen molar-refractivity contribution in [3.63, 3.8) is 0 Å². The highest BCUT2D eigenvalue weighted by Gasteiger charge is 2.17. The van der Waals surface area contributed by atoms with Gasteiger partial charge in [0.1, 0.15) is 0 Å². The fourth-order valence-corrected chi connectivity index (χ4v) is 3.47. The molecule has 2 aromatic heterocycles. The zero-order valence-electron chi connectivity index (χ0n) is 13.4. The summed E-state index contributed by atoms with van der Waals surface area (Å²) < 4.78 is 25.4. The summed E-state index contributed by atoms with van der Waals surface area (Å²) in [6.45, 7) is 0. The van der Waals surface area contributed by atoms with Crippen LogP contribution in [0, 0.1) is 0 Å². The molecule has 0 amide bonds. The van der Waals surface area contributed by atoms with E-state index < -0.39 is 10.0 Å². The smallest absolute Gasteiger partial charge is 0.242 e. The zero-order valence-corrected chi connectivity index (χ0v) is 14.2. The lowest BCUT2D eigenvalue weighted by atomic mass is 10.0. The number of nitrogens with one attached hydrogen (secondary N) is 1. The molecule has 124 valence electrons. The van der Waals surface area contributed by atoms with Crippen LogP contribution in [0.4, 0.5) is 0 Å². The number of fused-ring (bicyclic) bond motifs is 1. The second-order valence-corrected chi connectivity index (χ2v) is 7.79. The molecule has 0 saturated heterocycles. The molecule has 0 spiro atoms. The first kappa shape index (κ1) is 16.4. The number of sulfonamides is 1. The van der Waals surface area contributed by atoms with Crippen LogP contribution in [0.15, 0.2) is 47.5 Å². The lowest BCUT2D eigenvalue weighted by Gasteiger charge is -2.11. The molecule has 6 nitrogen and oxygen atoms in total. The Morgan fingerprint density at radius 1 is 1.17 bits per heavy atom. The number of benzene rings is 1. The van der Waals surface area contributed by atoms with Crippen molar-refractivity contribution in [3.05, 3.63) is 59.4 Å². The monoisotopic (exact) mass is 343 g/mol. The van der Waals surface area contributed by atoms with Crippen LogP contribution in [-0.2, 0) is 16.4 Å². The number of aldehydes is 1. The fourth-order valence-electron chi connectivity index (χ4n) is 2.57. The van der Waals surface area contributed by atoms with Gasteiger partial charge in [-0.3, -0.25) is 9.78 Å². The van der Waals surface area contributed by atoms with Crippen molar-refractivity contribution in [1.82, 2.24) is 14.3 Å². The molecule has 3 aromatic rings. The second kappa shape index (κ2) is 6.18. The van der Waals surface area contributed by atoms with E-state index in [0.29, 0.717) is 12.1 Å². The van der Waals surface area contributed by atoms with E-state index in [-0.39, 0.29) is 4.90 Å². The Kier molecular flexibility index (Phi) is 4.21. The largest absolute Gasteiger partial charge is 0.351 e. The first-order chi connectivity index (χ1) is 11.4. The van der Waals surface area contributed by atoms with Gasteiger partial charge in [0.15, 0.2) is 6.29 Å². The quantitative estimate of drug-likeness (QED) is 0.720. The molecule has 7 heteroatoms.